The van der Waals surface area contributed by atoms with E-state index < -0.39 is 0 Å². The number of allylic oxidation sites excluding steroid dienone is 8. The molecule has 10 aromatic carbocycles. The van der Waals surface area contributed by atoms with Crippen molar-refractivity contribution in [1.29, 1.82) is 0 Å². The van der Waals surface area contributed by atoms with Gasteiger partial charge in [0, 0.05) is 44.4 Å². The minimum Gasteiger partial charge on any atom is -0.310 e. The van der Waals surface area contributed by atoms with Gasteiger partial charge in [0.1, 0.15) is 0 Å². The lowest BCUT2D eigenvalue weighted by atomic mass is 9.78. The molecule has 384 valence electrons. The van der Waals surface area contributed by atoms with Crippen molar-refractivity contribution in [1.82, 2.24) is 4.57 Å². The second-order valence-corrected chi connectivity index (χ2v) is 23.5. The third kappa shape index (κ3) is 7.83. The Morgan fingerprint density at radius 1 is 0.362 bits per heavy atom. The lowest BCUT2D eigenvalue weighted by molar-refractivity contribution is 0.608. The van der Waals surface area contributed by atoms with Gasteiger partial charge < -0.3 is 9.47 Å². The zero-order valence-electron chi connectivity index (χ0n) is 46.0. The Hall–Kier alpha value is -9.24. The number of hydrogen-bond acceptors (Lipinski definition) is 1. The molecule has 2 heteroatoms. The Kier molecular flexibility index (Phi) is 11.2. The largest absolute Gasteiger partial charge is 0.310 e. The van der Waals surface area contributed by atoms with Crippen molar-refractivity contribution in [3.63, 3.8) is 0 Å². The van der Waals surface area contributed by atoms with Crippen LogP contribution in [0, 0.1) is 0 Å². The summed E-state index contributed by atoms with van der Waals surface area (Å²) in [6.45, 7) is 9.66. The predicted octanol–water partition coefficient (Wildman–Crippen LogP) is 21.4. The fourth-order valence-corrected chi connectivity index (χ4v) is 13.9. The summed E-state index contributed by atoms with van der Waals surface area (Å²) in [5.74, 6) is 0. The highest BCUT2D eigenvalue weighted by molar-refractivity contribution is 6.13. The number of aromatic nitrogens is 1. The molecule has 2 nitrogen and oxygen atoms in total. The molecule has 4 aliphatic rings. The van der Waals surface area contributed by atoms with Crippen LogP contribution in [0.5, 0.6) is 0 Å². The van der Waals surface area contributed by atoms with Crippen molar-refractivity contribution in [2.45, 2.75) is 64.2 Å². The van der Waals surface area contributed by atoms with Crippen molar-refractivity contribution >= 4 is 50.0 Å². The van der Waals surface area contributed by atoms with Crippen LogP contribution in [0.4, 0.5) is 17.1 Å². The smallest absolute Gasteiger partial charge is 0.0544 e. The molecule has 0 unspecified atom stereocenters. The van der Waals surface area contributed by atoms with Crippen LogP contribution < -0.4 is 4.90 Å². The van der Waals surface area contributed by atoms with Crippen LogP contribution in [0.1, 0.15) is 81.2 Å². The van der Waals surface area contributed by atoms with Crippen molar-refractivity contribution in [2.75, 3.05) is 4.90 Å². The van der Waals surface area contributed by atoms with Crippen LogP contribution in [0.3, 0.4) is 0 Å². The van der Waals surface area contributed by atoms with E-state index in [1.165, 1.54) is 122 Å². The molecule has 0 atom stereocenters. The summed E-state index contributed by atoms with van der Waals surface area (Å²) in [6, 6.07) is 84.1. The molecule has 0 saturated heterocycles. The zero-order chi connectivity index (χ0) is 53.7. The monoisotopic (exact) mass is 1030 g/mol. The van der Waals surface area contributed by atoms with Crippen LogP contribution in [0.2, 0.25) is 0 Å². The summed E-state index contributed by atoms with van der Waals surface area (Å²) in [4.78, 5) is 2.38. The first-order valence-corrected chi connectivity index (χ1v) is 28.7. The van der Waals surface area contributed by atoms with Crippen LogP contribution in [-0.4, -0.2) is 4.57 Å². The second kappa shape index (κ2) is 18.7. The molecule has 1 aromatic heterocycles. The summed E-state index contributed by atoms with van der Waals surface area (Å²) >= 11 is 0. The molecule has 4 aliphatic carbocycles. The molecule has 1 heterocycles. The normalized spacial score (nSPS) is 15.4. The van der Waals surface area contributed by atoms with E-state index in [2.05, 4.69) is 292 Å². The van der Waals surface area contributed by atoms with E-state index in [1.807, 2.05) is 0 Å². The van der Waals surface area contributed by atoms with Crippen LogP contribution >= 0.6 is 0 Å². The van der Waals surface area contributed by atoms with Gasteiger partial charge in [-0.05, 0) is 199 Å². The maximum atomic E-state index is 2.55. The standard InChI is InChI=1S/C78H62N2/c1-77(2)71-27-13-11-25-65(71)67-47-69-70-48-68-66-26-12-14-28-72(66)78(3,4)74(68)50-76(70)80(75(69)49-73(67)77)63-43-37-57(38-44-63)59-22-15-21-58(45-59)55-29-31-56(32-30-55)60-23-16-24-64(46-60)79(61-39-33-53(34-40-61)51-17-7-5-8-18-51)62-41-35-54(36-42-62)52-19-9-6-10-20-52/h5,7-9,11-13,15-27,29-50H,6,10,14,28H2,1-4H3. The maximum absolute atomic E-state index is 2.55. The van der Waals surface area contributed by atoms with E-state index in [0.717, 1.165) is 42.7 Å². The third-order valence-corrected chi connectivity index (χ3v) is 18.2. The molecule has 0 N–H and O–H groups in total. The first-order valence-electron chi connectivity index (χ1n) is 28.7. The van der Waals surface area contributed by atoms with Crippen molar-refractivity contribution in [3.8, 4) is 61.3 Å². The van der Waals surface area contributed by atoms with Crippen LogP contribution in [-0.2, 0) is 10.8 Å². The SMILES string of the molecule is CC1(C)C2=C(C=CCC2)c2cc3c4cc5c(cc4n(-c4ccc(-c6cccc(-c7ccc(-c8cccc(N(c9ccc(C%10=CCCC=C%10)cc9)c9ccc(-c%10ccccc%10)cc9)c8)cc7)c6)cc4)c3cc21)C(C)(C)c1ccccc1-5. The average molecular weight is 1030 g/mol. The number of hydrogen-bond donors (Lipinski definition) is 0. The van der Waals surface area contributed by atoms with Gasteiger partial charge in [0.05, 0.1) is 11.0 Å². The van der Waals surface area contributed by atoms with E-state index in [0.29, 0.717) is 0 Å². The molecule has 0 aliphatic heterocycles. The molecular weight excluding hydrogens is 965 g/mol. The molecule has 0 radical (unpaired) electrons. The number of rotatable bonds is 9. The Morgan fingerprint density at radius 3 is 1.55 bits per heavy atom. The molecule has 15 rings (SSSR count). The average Bonchev–Trinajstić information content (AvgIpc) is 4.26. The van der Waals surface area contributed by atoms with Gasteiger partial charge >= 0.3 is 0 Å². The lowest BCUT2D eigenvalue weighted by Gasteiger charge is -2.26. The lowest BCUT2D eigenvalue weighted by Crippen LogP contribution is -2.17. The first kappa shape index (κ1) is 47.9. The Bertz CT molecular complexity index is 4400. The van der Waals surface area contributed by atoms with Crippen LogP contribution in [0.15, 0.2) is 260 Å². The molecule has 0 saturated carbocycles. The summed E-state index contributed by atoms with van der Waals surface area (Å²) in [6.07, 6.45) is 16.1. The second-order valence-electron chi connectivity index (χ2n) is 23.5. The van der Waals surface area contributed by atoms with E-state index in [1.54, 1.807) is 5.57 Å². The van der Waals surface area contributed by atoms with Gasteiger partial charge in [-0.25, -0.2) is 0 Å². The predicted molar refractivity (Wildman–Crippen MR) is 339 cm³/mol. The fraction of sp³-hybridized carbons (Fsp3) is 0.128. The number of nitrogens with zero attached hydrogens (tertiary/aromatic N) is 2. The number of fused-ring (bicyclic) bond motifs is 8. The molecule has 0 spiro atoms. The van der Waals surface area contributed by atoms with Gasteiger partial charge in [-0.1, -0.05) is 209 Å². The maximum Gasteiger partial charge on any atom is 0.0544 e. The highest BCUT2D eigenvalue weighted by atomic mass is 15.1. The first-order chi connectivity index (χ1) is 39.2. The minimum atomic E-state index is -0.102. The summed E-state index contributed by atoms with van der Waals surface area (Å²) in [7, 11) is 0. The number of anilines is 3. The molecule has 0 bridgehead atoms. The van der Waals surface area contributed by atoms with E-state index in [9.17, 15) is 0 Å². The van der Waals surface area contributed by atoms with E-state index >= 15 is 0 Å². The third-order valence-electron chi connectivity index (χ3n) is 18.2. The van der Waals surface area contributed by atoms with Crippen molar-refractivity contribution in [2.24, 2.45) is 0 Å². The summed E-state index contributed by atoms with van der Waals surface area (Å²) in [5.41, 5.74) is 30.4. The van der Waals surface area contributed by atoms with Crippen molar-refractivity contribution in [3.05, 3.63) is 288 Å². The summed E-state index contributed by atoms with van der Waals surface area (Å²) in [5, 5.41) is 2.64. The molecular formula is C78H62N2. The Balaban J connectivity index is 0.748. The van der Waals surface area contributed by atoms with Gasteiger partial charge in [-0.15, -0.1) is 0 Å². The quantitative estimate of drug-likeness (QED) is 0.140. The van der Waals surface area contributed by atoms with E-state index in [4.69, 9.17) is 0 Å². The highest BCUT2D eigenvalue weighted by Gasteiger charge is 2.39. The van der Waals surface area contributed by atoms with Gasteiger partial charge in [-0.3, -0.25) is 0 Å². The minimum absolute atomic E-state index is 0.0223. The van der Waals surface area contributed by atoms with Crippen LogP contribution in [0.25, 0.3) is 94.3 Å². The number of benzene rings is 10. The zero-order valence-corrected chi connectivity index (χ0v) is 46.0. The van der Waals surface area contributed by atoms with E-state index in [-0.39, 0.29) is 10.8 Å². The fourth-order valence-electron chi connectivity index (χ4n) is 13.9. The highest BCUT2D eigenvalue weighted by Crippen LogP contribution is 2.55. The van der Waals surface area contributed by atoms with Gasteiger partial charge in [-0.2, -0.15) is 0 Å². The summed E-state index contributed by atoms with van der Waals surface area (Å²) < 4.78 is 2.55. The molecule has 80 heavy (non-hydrogen) atoms. The topological polar surface area (TPSA) is 8.17 Å². The Labute approximate surface area is 470 Å². The van der Waals surface area contributed by atoms with Gasteiger partial charge in [0.25, 0.3) is 0 Å². The van der Waals surface area contributed by atoms with Gasteiger partial charge in [0.2, 0.25) is 0 Å². The molecule has 11 aromatic rings. The van der Waals surface area contributed by atoms with Gasteiger partial charge in [0.15, 0.2) is 0 Å². The molecule has 0 amide bonds. The molecule has 0 fully saturated rings. The Morgan fingerprint density at radius 2 is 0.887 bits per heavy atom. The van der Waals surface area contributed by atoms with Crippen molar-refractivity contribution < 1.29 is 0 Å².